The number of hydrogen-bond acceptors (Lipinski definition) is 5. The molecule has 0 radical (unpaired) electrons. The van der Waals surface area contributed by atoms with Gasteiger partial charge >= 0.3 is 5.97 Å². The first-order chi connectivity index (χ1) is 7.57. The first kappa shape index (κ1) is 13.7. The van der Waals surface area contributed by atoms with Crippen LogP contribution in [0.5, 0.6) is 0 Å². The van der Waals surface area contributed by atoms with E-state index in [0.29, 0.717) is 6.42 Å². The van der Waals surface area contributed by atoms with E-state index in [-0.39, 0.29) is 6.54 Å². The van der Waals surface area contributed by atoms with E-state index in [0.717, 1.165) is 0 Å². The monoisotopic (exact) mass is 246 g/mol. The van der Waals surface area contributed by atoms with Crippen LogP contribution in [0.1, 0.15) is 34.1 Å². The molecule has 98 valence electrons. The normalized spacial score (nSPS) is 26.7. The van der Waals surface area contributed by atoms with E-state index in [4.69, 9.17) is 5.11 Å². The van der Waals surface area contributed by atoms with Crippen molar-refractivity contribution in [3.05, 3.63) is 10.1 Å². The first-order valence-electron chi connectivity index (χ1n) is 5.38. The summed E-state index contributed by atoms with van der Waals surface area (Å²) in [5.41, 5.74) is -1.13. The van der Waals surface area contributed by atoms with Crippen LogP contribution in [0, 0.1) is 10.1 Å². The van der Waals surface area contributed by atoms with E-state index in [1.54, 1.807) is 18.7 Å². The summed E-state index contributed by atoms with van der Waals surface area (Å²) in [6.07, 6.45) is -0.194. The molecule has 1 unspecified atom stereocenters. The van der Waals surface area contributed by atoms with Gasteiger partial charge in [-0.05, 0) is 34.1 Å². The molecule has 1 aliphatic heterocycles. The highest BCUT2D eigenvalue weighted by atomic mass is 17.0. The van der Waals surface area contributed by atoms with Crippen molar-refractivity contribution in [3.63, 3.8) is 0 Å². The van der Waals surface area contributed by atoms with Crippen molar-refractivity contribution in [2.45, 2.75) is 51.3 Å². The van der Waals surface area contributed by atoms with Crippen LogP contribution in [0.25, 0.3) is 0 Å². The van der Waals surface area contributed by atoms with Gasteiger partial charge in [-0.2, -0.15) is 0 Å². The zero-order chi connectivity index (χ0) is 13.4. The van der Waals surface area contributed by atoms with Crippen molar-refractivity contribution in [1.29, 1.82) is 0 Å². The molecular formula is C10H18N2O5. The number of aliphatic carboxylic acids is 1. The Morgan fingerprint density at radius 1 is 1.53 bits per heavy atom. The maximum absolute atomic E-state index is 10.8. The smallest absolute Gasteiger partial charge is 0.317 e. The molecule has 0 saturated carbocycles. The van der Waals surface area contributed by atoms with Crippen molar-refractivity contribution in [3.8, 4) is 0 Å². The molecule has 1 fully saturated rings. The fourth-order valence-electron chi connectivity index (χ4n) is 2.59. The van der Waals surface area contributed by atoms with Gasteiger partial charge in [-0.15, -0.1) is 10.1 Å². The molecule has 0 bridgehead atoms. The summed E-state index contributed by atoms with van der Waals surface area (Å²) < 4.78 is 0. The molecule has 0 aromatic rings. The van der Waals surface area contributed by atoms with E-state index in [1.807, 2.05) is 13.8 Å². The topological polar surface area (TPSA) is 92.9 Å². The number of rotatable bonds is 4. The summed E-state index contributed by atoms with van der Waals surface area (Å²) in [4.78, 5) is 27.7. The third-order valence-corrected chi connectivity index (χ3v) is 3.41. The number of nitrogens with zero attached hydrogens (tertiary/aromatic N) is 2. The lowest BCUT2D eigenvalue weighted by atomic mass is 9.97. The van der Waals surface area contributed by atoms with E-state index in [1.165, 1.54) is 0 Å². The zero-order valence-corrected chi connectivity index (χ0v) is 10.5. The minimum atomic E-state index is -0.951. The highest BCUT2D eigenvalue weighted by molar-refractivity contribution is 5.69. The van der Waals surface area contributed by atoms with Gasteiger partial charge in [-0.3, -0.25) is 9.69 Å². The Morgan fingerprint density at radius 2 is 2.06 bits per heavy atom. The summed E-state index contributed by atoms with van der Waals surface area (Å²) in [5.74, 6) is -0.951. The predicted octanol–water partition coefficient (Wildman–Crippen LogP) is 0.911. The Hall–Kier alpha value is -1.37. The van der Waals surface area contributed by atoms with Crippen LogP contribution in [-0.4, -0.2) is 44.8 Å². The average Bonchev–Trinajstić information content (AvgIpc) is 2.24. The molecule has 0 aromatic heterocycles. The van der Waals surface area contributed by atoms with E-state index >= 15 is 0 Å². The molecule has 1 N–H and O–H groups in total. The standard InChI is InChI=1S/C10H18N2O5/c1-9(2)5-7(17-12(15)16)10(3,4)11(9)6-8(13)14/h7H,5-6H2,1-4H3,(H,13,14). The quantitative estimate of drug-likeness (QED) is 0.585. The summed E-state index contributed by atoms with van der Waals surface area (Å²) >= 11 is 0. The van der Waals surface area contributed by atoms with Crippen molar-refractivity contribution < 1.29 is 19.8 Å². The molecule has 1 aliphatic rings. The van der Waals surface area contributed by atoms with Crippen LogP contribution >= 0.6 is 0 Å². The molecule has 1 rings (SSSR count). The maximum atomic E-state index is 10.8. The van der Waals surface area contributed by atoms with Crippen LogP contribution in [0.15, 0.2) is 0 Å². The molecule has 0 spiro atoms. The largest absolute Gasteiger partial charge is 0.480 e. The summed E-state index contributed by atoms with van der Waals surface area (Å²) in [5, 5.41) is 18.5. The van der Waals surface area contributed by atoms with Gasteiger partial charge in [-0.25, -0.2) is 0 Å². The molecule has 0 amide bonds. The van der Waals surface area contributed by atoms with Crippen LogP contribution in [0.4, 0.5) is 0 Å². The Bertz CT molecular complexity index is 340. The van der Waals surface area contributed by atoms with Gasteiger partial charge in [0.15, 0.2) is 0 Å². The third kappa shape index (κ3) is 2.66. The summed E-state index contributed by atoms with van der Waals surface area (Å²) in [6.45, 7) is 7.09. The zero-order valence-electron chi connectivity index (χ0n) is 10.5. The van der Waals surface area contributed by atoms with Gasteiger partial charge in [0.25, 0.3) is 5.09 Å². The van der Waals surface area contributed by atoms with E-state index < -0.39 is 28.2 Å². The van der Waals surface area contributed by atoms with Crippen LogP contribution in [-0.2, 0) is 9.63 Å². The third-order valence-electron chi connectivity index (χ3n) is 3.41. The molecule has 1 saturated heterocycles. The highest BCUT2D eigenvalue weighted by Gasteiger charge is 2.53. The van der Waals surface area contributed by atoms with Crippen molar-refractivity contribution in [2.75, 3.05) is 6.54 Å². The number of carboxylic acid groups (broad SMARTS) is 1. The lowest BCUT2D eigenvalue weighted by Crippen LogP contribution is -2.53. The fourth-order valence-corrected chi connectivity index (χ4v) is 2.59. The molecule has 7 heteroatoms. The van der Waals surface area contributed by atoms with E-state index in [2.05, 4.69) is 4.84 Å². The summed E-state index contributed by atoms with van der Waals surface area (Å²) in [6, 6.07) is 0. The molecule has 0 aromatic carbocycles. The minimum absolute atomic E-state index is 0.155. The second kappa shape index (κ2) is 4.14. The number of hydrogen-bond donors (Lipinski definition) is 1. The lowest BCUT2D eigenvalue weighted by Gasteiger charge is -2.39. The Labute approximate surface area is 99.5 Å². The second-order valence-electron chi connectivity index (χ2n) is 5.47. The van der Waals surface area contributed by atoms with Crippen molar-refractivity contribution >= 4 is 5.97 Å². The van der Waals surface area contributed by atoms with Crippen LogP contribution < -0.4 is 0 Å². The van der Waals surface area contributed by atoms with Crippen molar-refractivity contribution in [1.82, 2.24) is 4.90 Å². The van der Waals surface area contributed by atoms with Gasteiger partial charge in [-0.1, -0.05) is 0 Å². The van der Waals surface area contributed by atoms with Gasteiger partial charge in [0.05, 0.1) is 6.54 Å². The maximum Gasteiger partial charge on any atom is 0.317 e. The molecule has 17 heavy (non-hydrogen) atoms. The molecule has 7 nitrogen and oxygen atoms in total. The molecule has 0 aliphatic carbocycles. The van der Waals surface area contributed by atoms with Gasteiger partial charge in [0.1, 0.15) is 6.10 Å². The average molecular weight is 246 g/mol. The molecule has 1 heterocycles. The second-order valence-corrected chi connectivity index (χ2v) is 5.47. The van der Waals surface area contributed by atoms with Crippen molar-refractivity contribution in [2.24, 2.45) is 0 Å². The van der Waals surface area contributed by atoms with Gasteiger partial charge in [0, 0.05) is 11.1 Å². The Balaban J connectivity index is 2.96. The first-order valence-corrected chi connectivity index (χ1v) is 5.38. The summed E-state index contributed by atoms with van der Waals surface area (Å²) in [7, 11) is 0. The van der Waals surface area contributed by atoms with E-state index in [9.17, 15) is 14.9 Å². The number of carbonyl (C=O) groups is 1. The molecule has 1 atom stereocenters. The fraction of sp³-hybridized carbons (Fsp3) is 0.900. The Morgan fingerprint density at radius 3 is 2.47 bits per heavy atom. The SMILES string of the molecule is CC1(C)CC(O[N+](=O)[O-])C(C)(C)N1CC(=O)O. The Kier molecular flexibility index (Phi) is 3.33. The minimum Gasteiger partial charge on any atom is -0.480 e. The van der Waals surface area contributed by atoms with Gasteiger partial charge < -0.3 is 9.94 Å². The predicted molar refractivity (Wildman–Crippen MR) is 59.0 cm³/mol. The van der Waals surface area contributed by atoms with Gasteiger partial charge in [0.2, 0.25) is 0 Å². The van der Waals surface area contributed by atoms with Crippen LogP contribution in [0.2, 0.25) is 0 Å². The lowest BCUT2D eigenvalue weighted by molar-refractivity contribution is -0.770. The molecular weight excluding hydrogens is 228 g/mol. The number of carboxylic acids is 1. The van der Waals surface area contributed by atoms with Crippen LogP contribution in [0.3, 0.4) is 0 Å². The number of likely N-dealkylation sites (tertiary alicyclic amines) is 1. The highest BCUT2D eigenvalue weighted by Crippen LogP contribution is 2.42.